The zero-order chi connectivity index (χ0) is 11.4. The van der Waals surface area contributed by atoms with E-state index >= 15 is 0 Å². The van der Waals surface area contributed by atoms with Crippen molar-refractivity contribution in [2.45, 2.75) is 6.42 Å². The molecular weight excluding hydrogens is 242 g/mol. The molecule has 0 aliphatic heterocycles. The molecule has 2 rings (SSSR count). The van der Waals surface area contributed by atoms with Crippen molar-refractivity contribution in [2.24, 2.45) is 7.05 Å². The van der Waals surface area contributed by atoms with Crippen molar-refractivity contribution >= 4 is 29.3 Å². The maximum Gasteiger partial charge on any atom is 0.163 e. The molecule has 0 aromatic carbocycles. The van der Waals surface area contributed by atoms with Gasteiger partial charge in [-0.05, 0) is 6.42 Å². The number of rotatable bonds is 5. The smallest absolute Gasteiger partial charge is 0.163 e. The van der Waals surface area contributed by atoms with E-state index < -0.39 is 0 Å². The summed E-state index contributed by atoms with van der Waals surface area (Å²) < 4.78 is 6.72. The molecular formula is C10H16ClN5O. The maximum atomic E-state index is 4.98. The predicted octanol–water partition coefficient (Wildman–Crippen LogP) is 1.23. The van der Waals surface area contributed by atoms with Crippen LogP contribution in [-0.4, -0.2) is 40.0 Å². The van der Waals surface area contributed by atoms with E-state index in [-0.39, 0.29) is 12.4 Å². The summed E-state index contributed by atoms with van der Waals surface area (Å²) in [6.45, 7) is 1.57. The van der Waals surface area contributed by atoms with Gasteiger partial charge in [0.1, 0.15) is 12.1 Å². The van der Waals surface area contributed by atoms with Crippen LogP contribution in [0.2, 0.25) is 0 Å². The quantitative estimate of drug-likeness (QED) is 0.817. The highest BCUT2D eigenvalue weighted by Gasteiger charge is 2.06. The number of nitrogens with one attached hydrogen (secondary N) is 1. The first-order chi connectivity index (χ1) is 7.83. The maximum absolute atomic E-state index is 4.98. The third kappa shape index (κ3) is 3.04. The number of halogens is 1. The summed E-state index contributed by atoms with van der Waals surface area (Å²) in [6, 6.07) is 0. The summed E-state index contributed by atoms with van der Waals surface area (Å²) >= 11 is 0. The van der Waals surface area contributed by atoms with Gasteiger partial charge in [-0.3, -0.25) is 4.68 Å². The van der Waals surface area contributed by atoms with Crippen LogP contribution in [0.5, 0.6) is 0 Å². The average Bonchev–Trinajstić information content (AvgIpc) is 2.68. The second-order valence-electron chi connectivity index (χ2n) is 3.50. The van der Waals surface area contributed by atoms with Gasteiger partial charge in [0, 0.05) is 27.3 Å². The highest BCUT2D eigenvalue weighted by molar-refractivity contribution is 5.86. The van der Waals surface area contributed by atoms with Gasteiger partial charge in [-0.25, -0.2) is 9.97 Å². The van der Waals surface area contributed by atoms with Gasteiger partial charge in [0.2, 0.25) is 0 Å². The summed E-state index contributed by atoms with van der Waals surface area (Å²) in [5, 5.41) is 8.35. The highest BCUT2D eigenvalue weighted by Crippen LogP contribution is 2.17. The first-order valence-corrected chi connectivity index (χ1v) is 5.18. The number of anilines is 1. The van der Waals surface area contributed by atoms with Crippen LogP contribution < -0.4 is 5.32 Å². The van der Waals surface area contributed by atoms with Crippen LogP contribution >= 0.6 is 12.4 Å². The van der Waals surface area contributed by atoms with Gasteiger partial charge < -0.3 is 10.1 Å². The van der Waals surface area contributed by atoms with E-state index in [0.717, 1.165) is 36.4 Å². The second-order valence-corrected chi connectivity index (χ2v) is 3.50. The molecule has 7 heteroatoms. The molecule has 0 aliphatic carbocycles. The molecule has 1 N–H and O–H groups in total. The van der Waals surface area contributed by atoms with E-state index in [1.54, 1.807) is 24.3 Å². The number of aryl methyl sites for hydroxylation is 1. The van der Waals surface area contributed by atoms with Gasteiger partial charge in [-0.15, -0.1) is 12.4 Å². The van der Waals surface area contributed by atoms with Gasteiger partial charge in [0.05, 0.1) is 11.6 Å². The molecule has 0 fully saturated rings. The van der Waals surface area contributed by atoms with Crippen LogP contribution in [0.4, 0.5) is 5.82 Å². The van der Waals surface area contributed by atoms with Crippen molar-refractivity contribution < 1.29 is 4.74 Å². The number of fused-ring (bicyclic) bond motifs is 1. The molecule has 94 valence electrons. The third-order valence-electron chi connectivity index (χ3n) is 2.35. The molecule has 0 atom stereocenters. The Labute approximate surface area is 106 Å². The van der Waals surface area contributed by atoms with E-state index in [1.165, 1.54) is 0 Å². The first kappa shape index (κ1) is 13.7. The second kappa shape index (κ2) is 6.36. The molecule has 0 unspecified atom stereocenters. The molecule has 0 amide bonds. The molecule has 2 aromatic rings. The average molecular weight is 258 g/mol. The van der Waals surface area contributed by atoms with Gasteiger partial charge in [-0.1, -0.05) is 0 Å². The zero-order valence-corrected chi connectivity index (χ0v) is 10.7. The van der Waals surface area contributed by atoms with Crippen molar-refractivity contribution in [1.82, 2.24) is 19.7 Å². The Morgan fingerprint density at radius 3 is 3.00 bits per heavy atom. The third-order valence-corrected chi connectivity index (χ3v) is 2.35. The summed E-state index contributed by atoms with van der Waals surface area (Å²) in [5.74, 6) is 0.828. The fourth-order valence-corrected chi connectivity index (χ4v) is 1.53. The molecule has 2 heterocycles. The largest absolute Gasteiger partial charge is 0.385 e. The van der Waals surface area contributed by atoms with Crippen LogP contribution in [0.1, 0.15) is 6.42 Å². The van der Waals surface area contributed by atoms with Gasteiger partial charge in [-0.2, -0.15) is 5.10 Å². The van der Waals surface area contributed by atoms with Gasteiger partial charge in [0.15, 0.2) is 5.65 Å². The Balaban J connectivity index is 0.00000144. The number of ether oxygens (including phenoxy) is 1. The molecule has 2 aromatic heterocycles. The van der Waals surface area contributed by atoms with E-state index in [0.29, 0.717) is 0 Å². The lowest BCUT2D eigenvalue weighted by molar-refractivity contribution is 0.198. The van der Waals surface area contributed by atoms with E-state index in [9.17, 15) is 0 Å². The first-order valence-electron chi connectivity index (χ1n) is 5.18. The van der Waals surface area contributed by atoms with Crippen molar-refractivity contribution in [3.63, 3.8) is 0 Å². The number of aromatic nitrogens is 4. The Hall–Kier alpha value is -1.40. The predicted molar refractivity (Wildman–Crippen MR) is 68.5 cm³/mol. The topological polar surface area (TPSA) is 64.9 Å². The fourth-order valence-electron chi connectivity index (χ4n) is 1.53. The molecule has 0 aliphatic rings. The van der Waals surface area contributed by atoms with Crippen LogP contribution in [0, 0.1) is 0 Å². The number of methoxy groups -OCH3 is 1. The molecule has 0 saturated carbocycles. The Morgan fingerprint density at radius 1 is 1.41 bits per heavy atom. The highest BCUT2D eigenvalue weighted by atomic mass is 35.5. The van der Waals surface area contributed by atoms with E-state index in [4.69, 9.17) is 4.74 Å². The van der Waals surface area contributed by atoms with Crippen molar-refractivity contribution in [1.29, 1.82) is 0 Å². The minimum atomic E-state index is 0. The molecule has 6 nitrogen and oxygen atoms in total. The molecule has 0 spiro atoms. The number of hydrogen-bond acceptors (Lipinski definition) is 5. The Kier molecular flexibility index (Phi) is 5.11. The molecule has 0 radical (unpaired) electrons. The fraction of sp³-hybridized carbons (Fsp3) is 0.500. The lowest BCUT2D eigenvalue weighted by Gasteiger charge is -2.05. The van der Waals surface area contributed by atoms with Crippen LogP contribution in [0.15, 0.2) is 12.5 Å². The van der Waals surface area contributed by atoms with Gasteiger partial charge >= 0.3 is 0 Å². The lowest BCUT2D eigenvalue weighted by atomic mass is 10.3. The summed E-state index contributed by atoms with van der Waals surface area (Å²) in [5.41, 5.74) is 0.837. The van der Waals surface area contributed by atoms with Crippen molar-refractivity contribution in [3.05, 3.63) is 12.5 Å². The summed E-state index contributed by atoms with van der Waals surface area (Å²) in [4.78, 5) is 8.37. The number of nitrogens with zero attached hydrogens (tertiary/aromatic N) is 4. The zero-order valence-electron chi connectivity index (χ0n) is 9.88. The molecule has 0 bridgehead atoms. The summed E-state index contributed by atoms with van der Waals surface area (Å²) in [7, 11) is 3.56. The molecule has 17 heavy (non-hydrogen) atoms. The standard InChI is InChI=1S/C10H15N5O.ClH/c1-15-10-8(6-14-15)9(12-7-13-10)11-4-3-5-16-2;/h6-7H,3-5H2,1-2H3,(H,11,12,13);1H. The Morgan fingerprint density at radius 2 is 2.24 bits per heavy atom. The lowest BCUT2D eigenvalue weighted by Crippen LogP contribution is -2.06. The van der Waals surface area contributed by atoms with E-state index in [1.807, 2.05) is 7.05 Å². The van der Waals surface area contributed by atoms with Crippen molar-refractivity contribution in [3.8, 4) is 0 Å². The van der Waals surface area contributed by atoms with Gasteiger partial charge in [0.25, 0.3) is 0 Å². The van der Waals surface area contributed by atoms with Crippen LogP contribution in [0.3, 0.4) is 0 Å². The van der Waals surface area contributed by atoms with Crippen molar-refractivity contribution in [2.75, 3.05) is 25.6 Å². The number of hydrogen-bond donors (Lipinski definition) is 1. The van der Waals surface area contributed by atoms with Crippen LogP contribution in [-0.2, 0) is 11.8 Å². The SMILES string of the molecule is COCCCNc1ncnc2c1cnn2C.Cl. The normalized spacial score (nSPS) is 10.2. The van der Waals surface area contributed by atoms with E-state index in [2.05, 4.69) is 20.4 Å². The molecule has 0 saturated heterocycles. The minimum absolute atomic E-state index is 0. The van der Waals surface area contributed by atoms with Crippen LogP contribution in [0.25, 0.3) is 11.0 Å². The Bertz CT molecular complexity index is 473. The minimum Gasteiger partial charge on any atom is -0.385 e. The summed E-state index contributed by atoms with van der Waals surface area (Å²) in [6.07, 6.45) is 4.26. The monoisotopic (exact) mass is 257 g/mol.